The van der Waals surface area contributed by atoms with Gasteiger partial charge in [0.1, 0.15) is 4.90 Å². The van der Waals surface area contributed by atoms with Crippen molar-refractivity contribution in [2.24, 2.45) is 5.14 Å². The molecule has 1 rings (SSSR count). The number of primary sulfonamides is 1. The van der Waals surface area contributed by atoms with Crippen molar-refractivity contribution in [2.75, 3.05) is 0 Å². The lowest BCUT2D eigenvalue weighted by Gasteiger charge is -2.07. The zero-order chi connectivity index (χ0) is 11.8. The molecule has 0 spiro atoms. The Morgan fingerprint density at radius 1 is 1.47 bits per heavy atom. The van der Waals surface area contributed by atoms with Crippen molar-refractivity contribution in [1.29, 1.82) is 0 Å². The van der Waals surface area contributed by atoms with Gasteiger partial charge in [-0.15, -0.1) is 0 Å². The number of nitrogens with two attached hydrogens (primary N) is 1. The molecule has 1 aromatic heterocycles. The monoisotopic (exact) mass is 350 g/mol. The molecule has 0 aliphatic heterocycles. The summed E-state index contributed by atoms with van der Waals surface area (Å²) >= 11 is 1.35. The van der Waals surface area contributed by atoms with Crippen LogP contribution in [-0.4, -0.2) is 13.4 Å². The highest BCUT2D eigenvalue weighted by Crippen LogP contribution is 2.26. The molecule has 0 aliphatic rings. The Morgan fingerprint density at radius 2 is 2.00 bits per heavy atom. The molecule has 3 N–H and O–H groups in total. The molecule has 15 heavy (non-hydrogen) atoms. The Bertz CT molecular complexity index is 540. The molecule has 84 valence electrons. The Kier molecular flexibility index (Phi) is 3.45. The van der Waals surface area contributed by atoms with Crippen LogP contribution in [0.2, 0.25) is 0 Å². The van der Waals surface area contributed by atoms with E-state index >= 15 is 0 Å². The third-order valence-electron chi connectivity index (χ3n) is 1.54. The average molecular weight is 350 g/mol. The fourth-order valence-corrected chi connectivity index (χ4v) is 3.16. The summed E-state index contributed by atoms with van der Waals surface area (Å²) in [6.45, 7) is 0. The lowest BCUT2D eigenvalue weighted by molar-refractivity contribution is 0.147. The summed E-state index contributed by atoms with van der Waals surface area (Å²) in [6, 6.07) is 0. The number of aromatic nitrogens is 1. The molecule has 1 heterocycles. The van der Waals surface area contributed by atoms with E-state index < -0.39 is 32.5 Å². The largest absolute Gasteiger partial charge is 0.328 e. The number of hydrogen-bond acceptors (Lipinski definition) is 3. The fourth-order valence-electron chi connectivity index (χ4n) is 0.953. The van der Waals surface area contributed by atoms with Crippen LogP contribution in [-0.2, 0) is 10.0 Å². The lowest BCUT2D eigenvalue weighted by Crippen LogP contribution is -2.22. The smallest absolute Gasteiger partial charge is 0.266 e. The quantitative estimate of drug-likeness (QED) is 0.764. The average Bonchev–Trinajstić information content (AvgIpc) is 2.06. The Hall–Kier alpha value is -0.550. The first-order valence-corrected chi connectivity index (χ1v) is 6.09. The molecule has 0 aromatic carbocycles. The molecule has 0 radical (unpaired) electrons. The van der Waals surface area contributed by atoms with Crippen LogP contribution in [0.25, 0.3) is 0 Å². The van der Waals surface area contributed by atoms with E-state index in [1.54, 1.807) is 0 Å². The maximum absolute atomic E-state index is 12.4. The van der Waals surface area contributed by atoms with Gasteiger partial charge in [0, 0.05) is 6.20 Å². The topological polar surface area (TPSA) is 93.0 Å². The molecule has 0 bridgehead atoms. The molecule has 0 unspecified atom stereocenters. The first-order valence-electron chi connectivity index (χ1n) is 3.47. The van der Waals surface area contributed by atoms with E-state index in [0.717, 1.165) is 0 Å². The number of H-pyrrole nitrogens is 1. The van der Waals surface area contributed by atoms with Crippen LogP contribution in [0.3, 0.4) is 0 Å². The van der Waals surface area contributed by atoms with Gasteiger partial charge in [0.05, 0.1) is 9.13 Å². The third kappa shape index (κ3) is 2.52. The van der Waals surface area contributed by atoms with Crippen molar-refractivity contribution in [3.8, 4) is 0 Å². The fraction of sp³-hybridized carbons (Fsp3) is 0.167. The Balaban J connectivity index is 3.73. The molecular formula is C6H5F2IN2O3S. The molecule has 0 fully saturated rings. The van der Waals surface area contributed by atoms with Crippen molar-refractivity contribution in [1.82, 2.24) is 4.98 Å². The van der Waals surface area contributed by atoms with Crippen molar-refractivity contribution in [2.45, 2.75) is 11.3 Å². The second-order valence-electron chi connectivity index (χ2n) is 2.56. The summed E-state index contributed by atoms with van der Waals surface area (Å²) in [5.41, 5.74) is -1.58. The van der Waals surface area contributed by atoms with Gasteiger partial charge >= 0.3 is 0 Å². The summed E-state index contributed by atoms with van der Waals surface area (Å²) in [5.74, 6) is 0. The van der Waals surface area contributed by atoms with E-state index in [1.165, 1.54) is 22.6 Å². The Labute approximate surface area is 96.9 Å². The SMILES string of the molecule is NS(=O)(=O)c1c(C(F)F)c[nH]c(=O)c1I. The molecule has 0 atom stereocenters. The first-order chi connectivity index (χ1) is 6.75. The third-order valence-corrected chi connectivity index (χ3v) is 3.94. The van der Waals surface area contributed by atoms with E-state index in [9.17, 15) is 22.0 Å². The van der Waals surface area contributed by atoms with Crippen LogP contribution >= 0.6 is 22.6 Å². The van der Waals surface area contributed by atoms with E-state index in [0.29, 0.717) is 6.20 Å². The number of aromatic amines is 1. The molecule has 1 aromatic rings. The predicted octanol–water partition coefficient (Wildman–Crippen LogP) is 0.565. The minimum Gasteiger partial charge on any atom is -0.328 e. The van der Waals surface area contributed by atoms with Crippen molar-refractivity contribution < 1.29 is 17.2 Å². The van der Waals surface area contributed by atoms with Gasteiger partial charge in [0.2, 0.25) is 10.0 Å². The molecular weight excluding hydrogens is 345 g/mol. The number of sulfonamides is 1. The van der Waals surface area contributed by atoms with Crippen LogP contribution in [0.15, 0.2) is 15.9 Å². The van der Waals surface area contributed by atoms with Crippen LogP contribution < -0.4 is 10.7 Å². The van der Waals surface area contributed by atoms with E-state index in [-0.39, 0.29) is 3.57 Å². The summed E-state index contributed by atoms with van der Waals surface area (Å²) in [6.07, 6.45) is -2.38. The van der Waals surface area contributed by atoms with E-state index in [1.807, 2.05) is 4.98 Å². The van der Waals surface area contributed by atoms with E-state index in [4.69, 9.17) is 5.14 Å². The standard InChI is InChI=1S/C6H5F2IN2O3S/c7-5(8)2-1-11-6(12)3(9)4(2)15(10,13)14/h1,5H,(H,11,12)(H2,10,13,14). The summed E-state index contributed by atoms with van der Waals surface area (Å²) < 4.78 is 46.5. The number of hydrogen-bond donors (Lipinski definition) is 2. The predicted molar refractivity (Wildman–Crippen MR) is 56.1 cm³/mol. The molecule has 0 aliphatic carbocycles. The normalized spacial score (nSPS) is 12.1. The van der Waals surface area contributed by atoms with Gasteiger partial charge in [-0.3, -0.25) is 4.79 Å². The van der Waals surface area contributed by atoms with Crippen molar-refractivity contribution in [3.05, 3.63) is 25.7 Å². The van der Waals surface area contributed by atoms with Gasteiger partial charge in [-0.2, -0.15) is 0 Å². The van der Waals surface area contributed by atoms with Gasteiger partial charge in [0.25, 0.3) is 12.0 Å². The highest BCUT2D eigenvalue weighted by molar-refractivity contribution is 14.1. The van der Waals surface area contributed by atoms with Crippen molar-refractivity contribution in [3.63, 3.8) is 0 Å². The number of rotatable bonds is 2. The lowest BCUT2D eigenvalue weighted by atomic mass is 10.3. The van der Waals surface area contributed by atoms with Gasteiger partial charge in [-0.1, -0.05) is 0 Å². The number of pyridine rings is 1. The van der Waals surface area contributed by atoms with Crippen LogP contribution in [0, 0.1) is 3.57 Å². The summed E-state index contributed by atoms with van der Waals surface area (Å²) in [5, 5.41) is 4.75. The number of alkyl halides is 2. The molecule has 0 saturated carbocycles. The summed E-state index contributed by atoms with van der Waals surface area (Å²) in [4.78, 5) is 12.2. The summed E-state index contributed by atoms with van der Waals surface area (Å²) in [7, 11) is -4.34. The highest BCUT2D eigenvalue weighted by atomic mass is 127. The Morgan fingerprint density at radius 3 is 2.40 bits per heavy atom. The minimum absolute atomic E-state index is 0.368. The zero-order valence-corrected chi connectivity index (χ0v) is 9.97. The highest BCUT2D eigenvalue weighted by Gasteiger charge is 2.25. The maximum atomic E-state index is 12.4. The van der Waals surface area contributed by atoms with Gasteiger partial charge in [0.15, 0.2) is 0 Å². The molecule has 0 amide bonds. The van der Waals surface area contributed by atoms with Crippen LogP contribution in [0.1, 0.15) is 12.0 Å². The van der Waals surface area contributed by atoms with Gasteiger partial charge in [-0.25, -0.2) is 22.3 Å². The number of halogens is 3. The molecule has 9 heteroatoms. The second kappa shape index (κ2) is 4.14. The van der Waals surface area contributed by atoms with Crippen molar-refractivity contribution >= 4 is 32.6 Å². The first kappa shape index (κ1) is 12.5. The minimum atomic E-state index is -4.34. The molecule has 0 saturated heterocycles. The van der Waals surface area contributed by atoms with E-state index in [2.05, 4.69) is 0 Å². The van der Waals surface area contributed by atoms with Crippen LogP contribution in [0.4, 0.5) is 8.78 Å². The zero-order valence-electron chi connectivity index (χ0n) is 7.00. The maximum Gasteiger partial charge on any atom is 0.266 e. The van der Waals surface area contributed by atoms with Crippen LogP contribution in [0.5, 0.6) is 0 Å². The number of nitrogens with one attached hydrogen (secondary N) is 1. The second-order valence-corrected chi connectivity index (χ2v) is 5.14. The molecule has 5 nitrogen and oxygen atoms in total. The van der Waals surface area contributed by atoms with Gasteiger partial charge < -0.3 is 4.98 Å². The van der Waals surface area contributed by atoms with Gasteiger partial charge in [-0.05, 0) is 22.6 Å².